The van der Waals surface area contributed by atoms with Crippen LogP contribution < -0.4 is 4.90 Å². The van der Waals surface area contributed by atoms with E-state index in [1.54, 1.807) is 0 Å². The van der Waals surface area contributed by atoms with E-state index in [2.05, 4.69) is 144 Å². The molecule has 0 saturated heterocycles. The van der Waals surface area contributed by atoms with Crippen molar-refractivity contribution in [2.24, 2.45) is 0 Å². The lowest BCUT2D eigenvalue weighted by Crippen LogP contribution is -2.09. The first-order valence-corrected chi connectivity index (χ1v) is 14.5. The van der Waals surface area contributed by atoms with Crippen molar-refractivity contribution < 1.29 is 8.83 Å². The molecule has 0 aliphatic heterocycles. The number of anilines is 3. The van der Waals surface area contributed by atoms with Crippen LogP contribution in [0.2, 0.25) is 0 Å². The molecule has 0 saturated carbocycles. The normalized spacial score (nSPS) is 11.7. The van der Waals surface area contributed by atoms with Gasteiger partial charge < -0.3 is 13.7 Å². The van der Waals surface area contributed by atoms with Crippen LogP contribution in [0.5, 0.6) is 0 Å². The maximum absolute atomic E-state index is 6.47. The molecule has 9 rings (SSSR count). The molecule has 0 amide bonds. The summed E-state index contributed by atoms with van der Waals surface area (Å²) in [7, 11) is 0. The van der Waals surface area contributed by atoms with Gasteiger partial charge in [0, 0.05) is 38.6 Å². The summed E-state index contributed by atoms with van der Waals surface area (Å²) in [6.45, 7) is 0. The highest BCUT2D eigenvalue weighted by atomic mass is 16.3. The summed E-state index contributed by atoms with van der Waals surface area (Å²) < 4.78 is 12.9. The van der Waals surface area contributed by atoms with Crippen molar-refractivity contribution in [1.29, 1.82) is 0 Å². The van der Waals surface area contributed by atoms with E-state index in [4.69, 9.17) is 8.83 Å². The zero-order chi connectivity index (χ0) is 28.3. The van der Waals surface area contributed by atoms with Crippen LogP contribution in [0.4, 0.5) is 17.1 Å². The van der Waals surface area contributed by atoms with Crippen molar-refractivity contribution in [3.63, 3.8) is 0 Å². The SMILES string of the molecule is c1ccc(-c2cccc3oc4cc5c(cc4c23)oc2ccc(N(c3ccccc3)c3ccc4ccccc4c3)cc25)cc1. The quantitative estimate of drug-likeness (QED) is 0.218. The van der Waals surface area contributed by atoms with Crippen molar-refractivity contribution in [2.75, 3.05) is 4.90 Å². The van der Waals surface area contributed by atoms with E-state index in [0.717, 1.165) is 66.5 Å². The lowest BCUT2D eigenvalue weighted by atomic mass is 9.99. The molecular formula is C40H25NO2. The molecule has 0 unspecified atom stereocenters. The summed E-state index contributed by atoms with van der Waals surface area (Å²) in [5, 5.41) is 6.69. The number of hydrogen-bond acceptors (Lipinski definition) is 3. The van der Waals surface area contributed by atoms with Gasteiger partial charge in [0.2, 0.25) is 0 Å². The Hall–Kier alpha value is -5.80. The third-order valence-electron chi connectivity index (χ3n) is 8.42. The Kier molecular flexibility index (Phi) is 5.20. The number of furan rings is 2. The van der Waals surface area contributed by atoms with Gasteiger partial charge in [-0.3, -0.25) is 0 Å². The number of nitrogens with zero attached hydrogens (tertiary/aromatic N) is 1. The fourth-order valence-corrected chi connectivity index (χ4v) is 6.42. The molecule has 0 spiro atoms. The van der Waals surface area contributed by atoms with Crippen molar-refractivity contribution >= 4 is 71.7 Å². The molecule has 202 valence electrons. The minimum atomic E-state index is 0.849. The van der Waals surface area contributed by atoms with E-state index < -0.39 is 0 Å². The molecule has 9 aromatic rings. The average Bonchev–Trinajstić information content (AvgIpc) is 3.61. The van der Waals surface area contributed by atoms with Gasteiger partial charge in [0.1, 0.15) is 22.3 Å². The average molecular weight is 552 g/mol. The van der Waals surface area contributed by atoms with Crippen molar-refractivity contribution in [1.82, 2.24) is 0 Å². The van der Waals surface area contributed by atoms with Crippen LogP contribution in [-0.4, -0.2) is 0 Å². The largest absolute Gasteiger partial charge is 0.456 e. The molecule has 0 atom stereocenters. The van der Waals surface area contributed by atoms with Crippen molar-refractivity contribution in [3.05, 3.63) is 152 Å². The van der Waals surface area contributed by atoms with Crippen molar-refractivity contribution in [3.8, 4) is 11.1 Å². The second-order valence-electron chi connectivity index (χ2n) is 11.0. The summed E-state index contributed by atoms with van der Waals surface area (Å²) in [5.41, 5.74) is 9.01. The molecule has 7 aromatic carbocycles. The Morgan fingerprint density at radius 2 is 1.02 bits per heavy atom. The molecule has 3 heteroatoms. The van der Waals surface area contributed by atoms with Gasteiger partial charge in [0.05, 0.1) is 0 Å². The summed E-state index contributed by atoms with van der Waals surface area (Å²) >= 11 is 0. The monoisotopic (exact) mass is 551 g/mol. The molecule has 0 aliphatic rings. The van der Waals surface area contributed by atoms with E-state index in [1.165, 1.54) is 16.3 Å². The smallest absolute Gasteiger partial charge is 0.136 e. The molecule has 43 heavy (non-hydrogen) atoms. The van der Waals surface area contributed by atoms with Crippen LogP contribution in [0.1, 0.15) is 0 Å². The number of para-hydroxylation sites is 1. The van der Waals surface area contributed by atoms with Gasteiger partial charge in [-0.2, -0.15) is 0 Å². The van der Waals surface area contributed by atoms with Gasteiger partial charge in [-0.15, -0.1) is 0 Å². The lowest BCUT2D eigenvalue weighted by Gasteiger charge is -2.25. The highest BCUT2D eigenvalue weighted by molar-refractivity contribution is 6.18. The van der Waals surface area contributed by atoms with Crippen LogP contribution in [0, 0.1) is 0 Å². The van der Waals surface area contributed by atoms with Gasteiger partial charge >= 0.3 is 0 Å². The molecule has 2 heterocycles. The summed E-state index contributed by atoms with van der Waals surface area (Å²) in [6.07, 6.45) is 0. The molecule has 0 bridgehead atoms. The Bertz CT molecular complexity index is 2450. The standard InChI is InChI=1S/C40H25NO2/c1-3-11-27(12-4-1)32-16-9-17-37-40(32)35-25-38-34(24-39(35)43-37)33-23-31(20-21-36(33)42-38)41(29-14-5-2-6-15-29)30-19-18-26-10-7-8-13-28(26)22-30/h1-25H. The summed E-state index contributed by atoms with van der Waals surface area (Å²) in [5.74, 6) is 0. The second-order valence-corrected chi connectivity index (χ2v) is 11.0. The number of hydrogen-bond donors (Lipinski definition) is 0. The Balaban J connectivity index is 1.25. The predicted molar refractivity (Wildman–Crippen MR) is 179 cm³/mol. The van der Waals surface area contributed by atoms with Crippen LogP contribution in [0.15, 0.2) is 160 Å². The highest BCUT2D eigenvalue weighted by Crippen LogP contribution is 2.43. The zero-order valence-electron chi connectivity index (χ0n) is 23.2. The Labute approximate surface area is 247 Å². The molecule has 0 N–H and O–H groups in total. The van der Waals surface area contributed by atoms with E-state index in [-0.39, 0.29) is 0 Å². The summed E-state index contributed by atoms with van der Waals surface area (Å²) in [4.78, 5) is 2.30. The van der Waals surface area contributed by atoms with Gasteiger partial charge in [-0.05, 0) is 82.6 Å². The number of fused-ring (bicyclic) bond motifs is 7. The second kappa shape index (κ2) is 9.37. The third kappa shape index (κ3) is 3.83. The van der Waals surface area contributed by atoms with Gasteiger partial charge in [0.25, 0.3) is 0 Å². The van der Waals surface area contributed by atoms with Crippen LogP contribution in [0.25, 0.3) is 65.8 Å². The van der Waals surface area contributed by atoms with Gasteiger partial charge in [0.15, 0.2) is 0 Å². The highest BCUT2D eigenvalue weighted by Gasteiger charge is 2.19. The molecule has 2 aromatic heterocycles. The first kappa shape index (κ1) is 23.9. The Morgan fingerprint density at radius 3 is 1.88 bits per heavy atom. The van der Waals surface area contributed by atoms with Crippen LogP contribution in [0.3, 0.4) is 0 Å². The molecule has 3 nitrogen and oxygen atoms in total. The van der Waals surface area contributed by atoms with Gasteiger partial charge in [-0.25, -0.2) is 0 Å². The fourth-order valence-electron chi connectivity index (χ4n) is 6.42. The maximum atomic E-state index is 6.47. The molecule has 0 fully saturated rings. The van der Waals surface area contributed by atoms with Crippen LogP contribution >= 0.6 is 0 Å². The number of benzene rings is 7. The zero-order valence-corrected chi connectivity index (χ0v) is 23.2. The molecular weight excluding hydrogens is 526 g/mol. The third-order valence-corrected chi connectivity index (χ3v) is 8.42. The van der Waals surface area contributed by atoms with E-state index in [0.29, 0.717) is 0 Å². The van der Waals surface area contributed by atoms with E-state index >= 15 is 0 Å². The lowest BCUT2D eigenvalue weighted by molar-refractivity contribution is 0.664. The molecule has 0 radical (unpaired) electrons. The Morgan fingerprint density at radius 1 is 0.372 bits per heavy atom. The predicted octanol–water partition coefficient (Wildman–Crippen LogP) is 11.8. The fraction of sp³-hybridized carbons (Fsp3) is 0. The van der Waals surface area contributed by atoms with Crippen LogP contribution in [-0.2, 0) is 0 Å². The topological polar surface area (TPSA) is 29.5 Å². The van der Waals surface area contributed by atoms with E-state index in [9.17, 15) is 0 Å². The minimum Gasteiger partial charge on any atom is -0.456 e. The molecule has 0 aliphatic carbocycles. The minimum absolute atomic E-state index is 0.849. The first-order valence-electron chi connectivity index (χ1n) is 14.5. The maximum Gasteiger partial charge on any atom is 0.136 e. The number of rotatable bonds is 4. The van der Waals surface area contributed by atoms with E-state index in [1.807, 2.05) is 12.1 Å². The first-order chi connectivity index (χ1) is 21.3. The summed E-state index contributed by atoms with van der Waals surface area (Å²) in [6, 6.07) is 53.1. The van der Waals surface area contributed by atoms with Gasteiger partial charge in [-0.1, -0.05) is 91.0 Å². The van der Waals surface area contributed by atoms with Crippen molar-refractivity contribution in [2.45, 2.75) is 0 Å².